The summed E-state index contributed by atoms with van der Waals surface area (Å²) in [5.74, 6) is -1.27. The second kappa shape index (κ2) is 11.7. The molecule has 1 atom stereocenters. The van der Waals surface area contributed by atoms with Gasteiger partial charge < -0.3 is 14.2 Å². The van der Waals surface area contributed by atoms with Crippen LogP contribution in [-0.4, -0.2) is 79.5 Å². The summed E-state index contributed by atoms with van der Waals surface area (Å²) in [7, 11) is 0. The summed E-state index contributed by atoms with van der Waals surface area (Å²) in [6.45, 7) is 9.06. The number of fused-ring (bicyclic) bond motifs is 1. The molecule has 11 nitrogen and oxygen atoms in total. The second-order valence-corrected chi connectivity index (χ2v) is 11.0. The molecule has 42 heavy (non-hydrogen) atoms. The molecule has 0 aliphatic carbocycles. The molecule has 4 aromatic rings. The third-order valence-corrected chi connectivity index (χ3v) is 7.85. The predicted molar refractivity (Wildman–Crippen MR) is 147 cm³/mol. The van der Waals surface area contributed by atoms with Crippen LogP contribution in [0, 0.1) is 29.9 Å². The van der Waals surface area contributed by atoms with E-state index in [1.54, 1.807) is 30.6 Å². The maximum absolute atomic E-state index is 14.6. The molecule has 6 heterocycles. The summed E-state index contributed by atoms with van der Waals surface area (Å²) in [6, 6.07) is 5.45. The van der Waals surface area contributed by atoms with Gasteiger partial charge in [-0.3, -0.25) is 9.88 Å². The number of ether oxygens (including phenoxy) is 3. The number of pyridine rings is 2. The zero-order valence-electron chi connectivity index (χ0n) is 23.7. The smallest absolute Gasteiger partial charge is 0.150 e. The average Bonchev–Trinajstić information content (AvgIpc) is 3.53. The van der Waals surface area contributed by atoms with E-state index < -0.39 is 17.7 Å². The van der Waals surface area contributed by atoms with E-state index in [0.29, 0.717) is 34.1 Å². The van der Waals surface area contributed by atoms with Gasteiger partial charge in [-0.25, -0.2) is 18.0 Å². The highest BCUT2D eigenvalue weighted by Gasteiger charge is 2.31. The Morgan fingerprint density at radius 3 is 2.60 bits per heavy atom. The normalized spacial score (nSPS) is 17.5. The Balaban J connectivity index is 1.29. The van der Waals surface area contributed by atoms with Crippen LogP contribution in [0.4, 0.5) is 8.78 Å². The molecule has 0 radical (unpaired) electrons. The lowest BCUT2D eigenvalue weighted by Gasteiger charge is -2.41. The molecule has 0 amide bonds. The van der Waals surface area contributed by atoms with Crippen molar-refractivity contribution >= 4 is 5.52 Å². The summed E-state index contributed by atoms with van der Waals surface area (Å²) >= 11 is 0. The molecule has 2 aliphatic rings. The van der Waals surface area contributed by atoms with Crippen molar-refractivity contribution < 1.29 is 23.0 Å². The van der Waals surface area contributed by atoms with Crippen LogP contribution in [0.2, 0.25) is 0 Å². The topological polar surface area (TPSA) is 116 Å². The van der Waals surface area contributed by atoms with Crippen molar-refractivity contribution in [3.05, 3.63) is 59.3 Å². The molecule has 0 N–H and O–H groups in total. The molecule has 0 unspecified atom stereocenters. The van der Waals surface area contributed by atoms with Gasteiger partial charge in [0.05, 0.1) is 49.5 Å². The number of piperidine rings is 1. The van der Waals surface area contributed by atoms with Crippen molar-refractivity contribution in [2.75, 3.05) is 32.9 Å². The second-order valence-electron chi connectivity index (χ2n) is 11.0. The quantitative estimate of drug-likeness (QED) is 0.290. The summed E-state index contributed by atoms with van der Waals surface area (Å²) in [6.07, 6.45) is 4.92. The lowest BCUT2D eigenvalue weighted by molar-refractivity contribution is -0.0735. The fourth-order valence-corrected chi connectivity index (χ4v) is 5.63. The van der Waals surface area contributed by atoms with E-state index in [4.69, 9.17) is 14.2 Å². The van der Waals surface area contributed by atoms with Gasteiger partial charge in [0.25, 0.3) is 0 Å². The van der Waals surface area contributed by atoms with Gasteiger partial charge in [0.15, 0.2) is 0 Å². The number of nitriles is 1. The van der Waals surface area contributed by atoms with Crippen LogP contribution < -0.4 is 4.74 Å². The Kier molecular flexibility index (Phi) is 7.85. The van der Waals surface area contributed by atoms with Gasteiger partial charge in [-0.1, -0.05) is 5.21 Å². The minimum atomic E-state index is -0.928. The third-order valence-electron chi connectivity index (χ3n) is 7.85. The molecule has 2 aliphatic heterocycles. The first-order chi connectivity index (χ1) is 20.3. The summed E-state index contributed by atoms with van der Waals surface area (Å²) < 4.78 is 49.2. The average molecular weight is 579 g/mol. The van der Waals surface area contributed by atoms with E-state index in [-0.39, 0.29) is 24.4 Å². The van der Waals surface area contributed by atoms with Crippen molar-refractivity contribution in [3.8, 4) is 23.1 Å². The Hall–Kier alpha value is -3.99. The molecule has 6 rings (SSSR count). The Morgan fingerprint density at radius 2 is 1.93 bits per heavy atom. The van der Waals surface area contributed by atoms with Crippen LogP contribution in [0.25, 0.3) is 16.8 Å². The largest absolute Gasteiger partial charge is 0.488 e. The van der Waals surface area contributed by atoms with E-state index in [9.17, 15) is 14.0 Å². The molecule has 4 aromatic heterocycles. The number of hydrogen-bond acceptors (Lipinski definition) is 9. The van der Waals surface area contributed by atoms with Crippen LogP contribution in [-0.2, 0) is 9.47 Å². The molecule has 0 spiro atoms. The first-order valence-corrected chi connectivity index (χ1v) is 14.1. The molecule has 0 aromatic carbocycles. The molecule has 2 saturated heterocycles. The van der Waals surface area contributed by atoms with Gasteiger partial charge in [0.2, 0.25) is 0 Å². The Bertz CT molecular complexity index is 1620. The number of hydrogen-bond donors (Lipinski definition) is 0. The van der Waals surface area contributed by atoms with Gasteiger partial charge in [0, 0.05) is 30.9 Å². The molecule has 13 heteroatoms. The minimum Gasteiger partial charge on any atom is -0.488 e. The van der Waals surface area contributed by atoms with Crippen LogP contribution in [0.15, 0.2) is 30.7 Å². The van der Waals surface area contributed by atoms with Crippen molar-refractivity contribution in [2.45, 2.75) is 57.9 Å². The number of halogens is 2. The van der Waals surface area contributed by atoms with Crippen molar-refractivity contribution in [3.63, 3.8) is 0 Å². The SMILES string of the molecule is Cc1c(-c2cc(OC[C@@H](OC(C)C)c3ncc(F)cc3F)c3c(C#N)cnn3c2)nnn1C1CCN(C2COC2)CC1. The van der Waals surface area contributed by atoms with Crippen molar-refractivity contribution in [1.82, 2.24) is 34.5 Å². The fraction of sp³-hybridized carbons (Fsp3) is 0.483. The van der Waals surface area contributed by atoms with Crippen LogP contribution in [0.5, 0.6) is 5.75 Å². The molecular weight excluding hydrogens is 546 g/mol. The van der Waals surface area contributed by atoms with Gasteiger partial charge in [0.1, 0.15) is 58.6 Å². The number of nitrogens with zero attached hydrogens (tertiary/aromatic N) is 8. The molecule has 0 bridgehead atoms. The van der Waals surface area contributed by atoms with Gasteiger partial charge in [-0.2, -0.15) is 10.4 Å². The molecule has 2 fully saturated rings. The maximum atomic E-state index is 14.6. The van der Waals surface area contributed by atoms with Crippen LogP contribution in [0.3, 0.4) is 0 Å². The van der Waals surface area contributed by atoms with E-state index in [1.165, 1.54) is 6.20 Å². The summed E-state index contributed by atoms with van der Waals surface area (Å²) in [5.41, 5.74) is 2.98. The number of likely N-dealkylation sites (tertiary alicyclic amines) is 1. The summed E-state index contributed by atoms with van der Waals surface area (Å²) in [4.78, 5) is 6.41. The van der Waals surface area contributed by atoms with Crippen LogP contribution in [0.1, 0.15) is 55.8 Å². The first-order valence-electron chi connectivity index (χ1n) is 14.1. The maximum Gasteiger partial charge on any atom is 0.150 e. The lowest BCUT2D eigenvalue weighted by atomic mass is 10.0. The Morgan fingerprint density at radius 1 is 1.14 bits per heavy atom. The highest BCUT2D eigenvalue weighted by atomic mass is 19.1. The van der Waals surface area contributed by atoms with Crippen molar-refractivity contribution in [1.29, 1.82) is 5.26 Å². The van der Waals surface area contributed by atoms with E-state index in [0.717, 1.165) is 57.1 Å². The van der Waals surface area contributed by atoms with E-state index in [1.807, 2.05) is 11.6 Å². The van der Waals surface area contributed by atoms with Crippen LogP contribution >= 0.6 is 0 Å². The molecule has 220 valence electrons. The van der Waals surface area contributed by atoms with Crippen molar-refractivity contribution in [2.24, 2.45) is 0 Å². The summed E-state index contributed by atoms with van der Waals surface area (Å²) in [5, 5.41) is 23.1. The number of aromatic nitrogens is 6. The number of rotatable bonds is 9. The minimum absolute atomic E-state index is 0.0686. The first kappa shape index (κ1) is 28.1. The third kappa shape index (κ3) is 5.45. The highest BCUT2D eigenvalue weighted by molar-refractivity contribution is 5.74. The predicted octanol–water partition coefficient (Wildman–Crippen LogP) is 4.03. The van der Waals surface area contributed by atoms with E-state index >= 15 is 0 Å². The van der Waals surface area contributed by atoms with Gasteiger partial charge in [-0.15, -0.1) is 5.10 Å². The zero-order chi connectivity index (χ0) is 29.4. The zero-order valence-corrected chi connectivity index (χ0v) is 23.7. The highest BCUT2D eigenvalue weighted by Crippen LogP contribution is 2.34. The molecular formula is C29H32F2N8O3. The Labute approximate surface area is 241 Å². The lowest BCUT2D eigenvalue weighted by Crippen LogP contribution is -2.52. The van der Waals surface area contributed by atoms with E-state index in [2.05, 4.69) is 31.4 Å². The molecule has 0 saturated carbocycles. The monoisotopic (exact) mass is 578 g/mol. The van der Waals surface area contributed by atoms with Gasteiger partial charge >= 0.3 is 0 Å². The standard InChI is InChI=1S/C29H32F2N8O3/c1-17(2)42-26(28-24(31)9-21(30)12-33-28)16-41-25-8-19(13-38-29(25)20(10-32)11-34-38)27-18(3)39(36-35-27)22-4-6-37(7-5-22)23-14-40-15-23/h8-9,11-13,17,22-23,26H,4-7,14-16H2,1-3H3/t26-/m1/s1. The van der Waals surface area contributed by atoms with Gasteiger partial charge in [-0.05, 0) is 39.7 Å². The fourth-order valence-electron chi connectivity index (χ4n) is 5.63.